The molecule has 304 valence electrons. The molecule has 1 saturated heterocycles. The standard InChI is InChI=1S/C23H47N5O2S.C5H9NO2.C4H8.C3H8.C2H6.CH3NO/c1-16(2)28(31)14-12-24-15-18(22(4,5)6)25-21(30)26-19(23(7,8)9)20(29)27-13-10-11-17(27)3;1-4(5(2)8)6-3-7;1-4-2-3-4;1-3-2;1-2;2-1-3/h16-19,24,31H,10-15H2,1-9H3,(H2,25,26,30);3-4H,1-2H3,(H,6,7);4H,2-3H2,1H3;3H2,1-2H3;1-2H3;1H,(H2,2,3). The van der Waals surface area contributed by atoms with Crippen molar-refractivity contribution in [3.05, 3.63) is 0 Å². The number of likely N-dealkylation sites (tertiary alicyclic amines) is 1. The predicted molar refractivity (Wildman–Crippen MR) is 218 cm³/mol. The van der Waals surface area contributed by atoms with Gasteiger partial charge in [0.1, 0.15) is 6.04 Å². The van der Waals surface area contributed by atoms with Crippen LogP contribution in [0.3, 0.4) is 0 Å². The van der Waals surface area contributed by atoms with Gasteiger partial charge in [0.05, 0.1) is 6.04 Å². The van der Waals surface area contributed by atoms with Crippen molar-refractivity contribution in [1.29, 1.82) is 0 Å². The van der Waals surface area contributed by atoms with Gasteiger partial charge in [0, 0.05) is 44.3 Å². The van der Waals surface area contributed by atoms with Gasteiger partial charge in [0.2, 0.25) is 18.7 Å². The summed E-state index contributed by atoms with van der Waals surface area (Å²) in [6.45, 7) is 35.2. The van der Waals surface area contributed by atoms with Gasteiger partial charge in [-0.25, -0.2) is 9.10 Å². The third kappa shape index (κ3) is 30.9. The maximum Gasteiger partial charge on any atom is 0.315 e. The van der Waals surface area contributed by atoms with Crippen molar-refractivity contribution in [3.8, 4) is 0 Å². The number of carbonyl (C=O) groups excluding carboxylic acids is 5. The molecule has 0 spiro atoms. The van der Waals surface area contributed by atoms with E-state index in [1.54, 1.807) is 6.92 Å². The Kier molecular flexibility index (Phi) is 33.8. The van der Waals surface area contributed by atoms with Crippen LogP contribution in [0.5, 0.6) is 0 Å². The quantitative estimate of drug-likeness (QED) is 0.0817. The van der Waals surface area contributed by atoms with E-state index in [9.17, 15) is 19.2 Å². The van der Waals surface area contributed by atoms with Crippen molar-refractivity contribution in [2.45, 2.75) is 173 Å². The monoisotopic (exact) mass is 748 g/mol. The van der Waals surface area contributed by atoms with Crippen LogP contribution in [0.25, 0.3) is 0 Å². The summed E-state index contributed by atoms with van der Waals surface area (Å²) in [6.07, 6.45) is 7.04. The molecule has 2 rings (SSSR count). The molecule has 1 aliphatic carbocycles. The molecule has 5 amide bonds. The molecule has 2 aliphatic rings. The molecular weight excluding hydrogens is 667 g/mol. The minimum Gasteiger partial charge on any atom is -0.372 e. The molecular formula is C38H81N7O5S. The average molecular weight is 748 g/mol. The Hall–Kier alpha value is -2.38. The van der Waals surface area contributed by atoms with E-state index in [-0.39, 0.29) is 53.1 Å². The minimum atomic E-state index is -0.564. The molecule has 4 unspecified atom stereocenters. The van der Waals surface area contributed by atoms with Gasteiger partial charge in [-0.05, 0) is 64.2 Å². The number of hydrogen-bond donors (Lipinski definition) is 6. The lowest BCUT2D eigenvalue weighted by Crippen LogP contribution is -2.60. The van der Waals surface area contributed by atoms with Crippen LogP contribution in [0, 0.1) is 16.7 Å². The molecule has 4 atom stereocenters. The molecule has 0 aromatic heterocycles. The Bertz CT molecular complexity index is 921. The number of nitrogens with one attached hydrogen (secondary N) is 4. The van der Waals surface area contributed by atoms with Gasteiger partial charge in [-0.2, -0.15) is 0 Å². The van der Waals surface area contributed by atoms with Gasteiger partial charge in [0.15, 0.2) is 5.78 Å². The second kappa shape index (κ2) is 31.2. The first kappa shape index (κ1) is 55.4. The van der Waals surface area contributed by atoms with E-state index in [0.29, 0.717) is 19.0 Å². The number of nitrogens with two attached hydrogens (primary N) is 1. The summed E-state index contributed by atoms with van der Waals surface area (Å²) in [5, 5.41) is 11.8. The molecule has 51 heavy (non-hydrogen) atoms. The molecule has 0 aromatic rings. The highest BCUT2D eigenvalue weighted by Crippen LogP contribution is 2.27. The molecule has 1 heterocycles. The van der Waals surface area contributed by atoms with Crippen molar-refractivity contribution in [2.75, 3.05) is 26.2 Å². The van der Waals surface area contributed by atoms with Crippen molar-refractivity contribution < 1.29 is 24.0 Å². The van der Waals surface area contributed by atoms with Crippen LogP contribution in [-0.4, -0.2) is 96.1 Å². The Morgan fingerprint density at radius 1 is 0.941 bits per heavy atom. The van der Waals surface area contributed by atoms with E-state index in [0.717, 1.165) is 38.4 Å². The lowest BCUT2D eigenvalue weighted by molar-refractivity contribution is -0.136. The van der Waals surface area contributed by atoms with E-state index in [1.807, 2.05) is 43.8 Å². The minimum absolute atomic E-state index is 0.0145. The van der Waals surface area contributed by atoms with Crippen LogP contribution in [0.1, 0.15) is 143 Å². The third-order valence-corrected chi connectivity index (χ3v) is 8.49. The largest absolute Gasteiger partial charge is 0.372 e. The van der Waals surface area contributed by atoms with Crippen molar-refractivity contribution in [1.82, 2.24) is 30.5 Å². The van der Waals surface area contributed by atoms with E-state index >= 15 is 0 Å². The van der Waals surface area contributed by atoms with Crippen LogP contribution in [0.2, 0.25) is 0 Å². The predicted octanol–water partition coefficient (Wildman–Crippen LogP) is 5.94. The van der Waals surface area contributed by atoms with Gasteiger partial charge in [-0.1, -0.05) is 108 Å². The highest BCUT2D eigenvalue weighted by molar-refractivity contribution is 7.77. The number of urea groups is 1. The number of Topliss-reactive ketones (excluding diaryl/α,β-unsaturated/α-hetero) is 1. The van der Waals surface area contributed by atoms with Crippen molar-refractivity contribution in [2.24, 2.45) is 22.5 Å². The zero-order valence-electron chi connectivity index (χ0n) is 35.4. The molecule has 1 aliphatic heterocycles. The van der Waals surface area contributed by atoms with Crippen LogP contribution in [0.4, 0.5) is 4.79 Å². The first-order valence-corrected chi connectivity index (χ1v) is 19.3. The van der Waals surface area contributed by atoms with Gasteiger partial charge in [-0.15, -0.1) is 0 Å². The fraction of sp³-hybridized carbons (Fsp3) is 0.868. The summed E-state index contributed by atoms with van der Waals surface area (Å²) < 4.78 is 1.98. The first-order valence-electron chi connectivity index (χ1n) is 18.9. The Morgan fingerprint density at radius 2 is 1.41 bits per heavy atom. The van der Waals surface area contributed by atoms with E-state index in [1.165, 1.54) is 26.2 Å². The average Bonchev–Trinajstić information content (AvgIpc) is 3.69. The Balaban J connectivity index is -0.000000447. The van der Waals surface area contributed by atoms with Crippen molar-refractivity contribution in [3.63, 3.8) is 0 Å². The number of rotatable bonds is 12. The van der Waals surface area contributed by atoms with Crippen molar-refractivity contribution >= 4 is 43.4 Å². The van der Waals surface area contributed by atoms with Gasteiger partial charge < -0.3 is 31.9 Å². The maximum atomic E-state index is 13.2. The molecule has 0 aromatic carbocycles. The summed E-state index contributed by atoms with van der Waals surface area (Å²) in [4.78, 5) is 56.6. The summed E-state index contributed by atoms with van der Waals surface area (Å²) in [6, 6.07) is -0.678. The first-order chi connectivity index (χ1) is 23.5. The molecule has 0 bridgehead atoms. The normalized spacial score (nSPS) is 16.6. The number of ketones is 1. The number of primary amides is 1. The number of hydrogen-bond acceptors (Lipinski definition) is 8. The molecule has 13 heteroatoms. The summed E-state index contributed by atoms with van der Waals surface area (Å²) in [7, 11) is 0. The van der Waals surface area contributed by atoms with Crippen LogP contribution in [-0.2, 0) is 19.2 Å². The summed E-state index contributed by atoms with van der Waals surface area (Å²) >= 11 is 4.47. The number of thiol groups is 1. The van der Waals surface area contributed by atoms with Gasteiger partial charge in [0.25, 0.3) is 0 Å². The fourth-order valence-corrected chi connectivity index (χ4v) is 4.16. The zero-order valence-corrected chi connectivity index (χ0v) is 36.3. The number of carbonyl (C=O) groups is 5. The second-order valence-corrected chi connectivity index (χ2v) is 16.0. The van der Waals surface area contributed by atoms with Crippen LogP contribution >= 0.6 is 12.8 Å². The van der Waals surface area contributed by atoms with Crippen LogP contribution < -0.4 is 27.0 Å². The smallest absolute Gasteiger partial charge is 0.315 e. The molecule has 0 radical (unpaired) electrons. The van der Waals surface area contributed by atoms with E-state index in [2.05, 4.69) is 102 Å². The lowest BCUT2D eigenvalue weighted by Gasteiger charge is -2.37. The lowest BCUT2D eigenvalue weighted by atomic mass is 9.85. The van der Waals surface area contributed by atoms with E-state index in [4.69, 9.17) is 4.79 Å². The fourth-order valence-electron chi connectivity index (χ4n) is 4.06. The second-order valence-electron chi connectivity index (χ2n) is 15.5. The molecule has 6 N–H and O–H groups in total. The van der Waals surface area contributed by atoms with Crippen LogP contribution in [0.15, 0.2) is 0 Å². The third-order valence-electron chi connectivity index (χ3n) is 7.83. The highest BCUT2D eigenvalue weighted by Gasteiger charge is 2.39. The topological polar surface area (TPSA) is 166 Å². The summed E-state index contributed by atoms with van der Waals surface area (Å²) in [5.41, 5.74) is 3.66. The highest BCUT2D eigenvalue weighted by atomic mass is 32.1. The number of amides is 5. The van der Waals surface area contributed by atoms with Gasteiger partial charge >= 0.3 is 6.03 Å². The maximum absolute atomic E-state index is 13.2. The van der Waals surface area contributed by atoms with E-state index < -0.39 is 6.04 Å². The van der Waals surface area contributed by atoms with Gasteiger partial charge in [-0.3, -0.25) is 19.2 Å². The number of nitrogens with zero attached hydrogens (tertiary/aromatic N) is 2. The Morgan fingerprint density at radius 3 is 1.71 bits per heavy atom. The molecule has 1 saturated carbocycles. The molecule has 12 nitrogen and oxygen atoms in total. The Labute approximate surface area is 318 Å². The summed E-state index contributed by atoms with van der Waals surface area (Å²) in [5.74, 6) is 1.07. The molecule has 2 fully saturated rings. The SMILES string of the molecule is CC.CC(=O)C(C)NC=O.CC(C)N(S)CCNCC(NC(=O)NC(C(=O)N1CCCC1C)C(C)(C)C)C(C)(C)C.CC1CC1.CCC.NC=O. The zero-order chi connectivity index (χ0) is 41.0.